The summed E-state index contributed by atoms with van der Waals surface area (Å²) in [7, 11) is 0. The molecule has 5 rings (SSSR count). The Morgan fingerprint density at radius 1 is 0.968 bits per heavy atom. The quantitative estimate of drug-likeness (QED) is 0.536. The van der Waals surface area contributed by atoms with E-state index in [0.29, 0.717) is 22.5 Å². The van der Waals surface area contributed by atoms with Crippen molar-refractivity contribution in [2.75, 3.05) is 37.6 Å². The summed E-state index contributed by atoms with van der Waals surface area (Å²) in [6.07, 6.45) is 10.4. The van der Waals surface area contributed by atoms with Crippen molar-refractivity contribution < 1.29 is 0 Å². The molecule has 0 aliphatic carbocycles. The minimum absolute atomic E-state index is 0.294. The molecule has 2 fully saturated rings. The van der Waals surface area contributed by atoms with Gasteiger partial charge in [0.05, 0.1) is 23.8 Å². The largest absolute Gasteiger partial charge is 0.368 e. The van der Waals surface area contributed by atoms with Gasteiger partial charge in [-0.15, -0.1) is 5.10 Å². The van der Waals surface area contributed by atoms with Crippen LogP contribution in [0.1, 0.15) is 36.9 Å². The lowest BCUT2D eigenvalue weighted by Crippen LogP contribution is -2.50. The van der Waals surface area contributed by atoms with Crippen LogP contribution < -0.4 is 15.8 Å². The first-order chi connectivity index (χ1) is 15.0. The van der Waals surface area contributed by atoms with Crippen LogP contribution in [0.5, 0.6) is 0 Å². The summed E-state index contributed by atoms with van der Waals surface area (Å²) >= 11 is 0. The van der Waals surface area contributed by atoms with Crippen LogP contribution in [-0.4, -0.2) is 67.8 Å². The fourth-order valence-electron chi connectivity index (χ4n) is 4.96. The van der Waals surface area contributed by atoms with Crippen molar-refractivity contribution in [2.45, 2.75) is 39.0 Å². The van der Waals surface area contributed by atoms with Crippen molar-refractivity contribution in [3.8, 4) is 5.82 Å². The van der Waals surface area contributed by atoms with Gasteiger partial charge in [0, 0.05) is 31.6 Å². The molecule has 10 heteroatoms. The molecule has 4 heterocycles. The highest BCUT2D eigenvalue weighted by Gasteiger charge is 2.38. The Morgan fingerprint density at radius 2 is 1.71 bits per heavy atom. The van der Waals surface area contributed by atoms with Gasteiger partial charge in [0.25, 0.3) is 0 Å². The van der Waals surface area contributed by atoms with Gasteiger partial charge in [0.2, 0.25) is 10.9 Å². The van der Waals surface area contributed by atoms with Gasteiger partial charge in [-0.1, -0.05) is 0 Å². The zero-order valence-corrected chi connectivity index (χ0v) is 17.7. The van der Waals surface area contributed by atoms with Crippen LogP contribution in [0.15, 0.2) is 28.3 Å². The fourth-order valence-corrected chi connectivity index (χ4v) is 4.96. The number of nitrogens with zero attached hydrogens (tertiary/aromatic N) is 8. The first-order valence-electron chi connectivity index (χ1n) is 10.9. The lowest BCUT2D eigenvalue weighted by molar-refractivity contribution is 0.0804. The molecule has 0 saturated carbocycles. The summed E-state index contributed by atoms with van der Waals surface area (Å²) in [6, 6.07) is 0. The van der Waals surface area contributed by atoms with Gasteiger partial charge in [-0.05, 0) is 61.5 Å². The normalized spacial score (nSPS) is 19.3. The zero-order valence-electron chi connectivity index (χ0n) is 17.7. The van der Waals surface area contributed by atoms with Crippen molar-refractivity contribution in [3.63, 3.8) is 0 Å². The number of anilines is 1. The molecule has 0 bridgehead atoms. The standard InChI is InChI=1S/C21H26N8O2/c1-15-18(20(31)19(15)30)28-10-5-21(6-11-28)3-8-27(9-4-21)7-2-16-12-23-17(13-22-16)29-14-24-25-26-29/h12-14H,2-11H2,1H3. The molecule has 2 aliphatic rings. The molecule has 0 atom stereocenters. The van der Waals surface area contributed by atoms with Crippen LogP contribution >= 0.6 is 0 Å². The van der Waals surface area contributed by atoms with Crippen molar-refractivity contribution >= 4 is 5.69 Å². The summed E-state index contributed by atoms with van der Waals surface area (Å²) < 4.78 is 1.49. The second-order valence-corrected chi connectivity index (χ2v) is 8.83. The average molecular weight is 422 g/mol. The SMILES string of the molecule is Cc1c(N2CCC3(CCN(CCc4cnc(-n5cnnn5)cn4)CC3)CC2)c(=O)c1=O. The monoisotopic (exact) mass is 422 g/mol. The molecule has 2 saturated heterocycles. The second-order valence-electron chi connectivity index (χ2n) is 8.83. The highest BCUT2D eigenvalue weighted by Crippen LogP contribution is 2.42. The number of tetrazole rings is 1. The van der Waals surface area contributed by atoms with Gasteiger partial charge in [0.1, 0.15) is 6.33 Å². The lowest BCUT2D eigenvalue weighted by Gasteiger charge is -2.47. The third-order valence-corrected chi connectivity index (χ3v) is 7.13. The number of hydrogen-bond acceptors (Lipinski definition) is 9. The van der Waals surface area contributed by atoms with E-state index in [1.807, 2.05) is 0 Å². The summed E-state index contributed by atoms with van der Waals surface area (Å²) in [5.41, 5.74) is 2.06. The summed E-state index contributed by atoms with van der Waals surface area (Å²) in [6.45, 7) is 6.70. The fraction of sp³-hybridized carbons (Fsp3) is 0.571. The third-order valence-electron chi connectivity index (χ3n) is 7.13. The number of piperidine rings is 2. The number of likely N-dealkylation sites (tertiary alicyclic amines) is 1. The van der Waals surface area contributed by atoms with Crippen LogP contribution in [0.25, 0.3) is 5.82 Å². The second kappa shape index (κ2) is 7.92. The van der Waals surface area contributed by atoms with Crippen LogP contribution in [0, 0.1) is 12.3 Å². The molecule has 1 aromatic carbocycles. The Balaban J connectivity index is 1.10. The zero-order chi connectivity index (χ0) is 21.4. The molecule has 2 aliphatic heterocycles. The number of aromatic nitrogens is 6. The van der Waals surface area contributed by atoms with Crippen molar-refractivity contribution in [3.05, 3.63) is 50.4 Å². The van der Waals surface area contributed by atoms with E-state index in [2.05, 4.69) is 35.3 Å². The first kappa shape index (κ1) is 19.9. The molecule has 31 heavy (non-hydrogen) atoms. The Hall–Kier alpha value is -3.01. The van der Waals surface area contributed by atoms with Crippen LogP contribution in [0.2, 0.25) is 0 Å². The molecule has 0 amide bonds. The van der Waals surface area contributed by atoms with Gasteiger partial charge in [-0.25, -0.2) is 4.98 Å². The topological polar surface area (TPSA) is 110 Å². The van der Waals surface area contributed by atoms with Crippen LogP contribution in [-0.2, 0) is 6.42 Å². The third kappa shape index (κ3) is 3.76. The maximum Gasteiger partial charge on any atom is 0.249 e. The predicted octanol–water partition coefficient (Wildman–Crippen LogP) is 0.282. The van der Waals surface area contributed by atoms with E-state index in [1.54, 1.807) is 19.3 Å². The predicted molar refractivity (Wildman–Crippen MR) is 114 cm³/mol. The van der Waals surface area contributed by atoms with Crippen LogP contribution in [0.4, 0.5) is 5.69 Å². The van der Waals surface area contributed by atoms with Gasteiger partial charge in [-0.3, -0.25) is 14.6 Å². The molecular weight excluding hydrogens is 396 g/mol. The minimum atomic E-state index is -0.307. The molecule has 1 spiro atoms. The molecule has 0 radical (unpaired) electrons. The Kier molecular flexibility index (Phi) is 5.09. The maximum absolute atomic E-state index is 11.9. The van der Waals surface area contributed by atoms with E-state index in [-0.39, 0.29) is 10.9 Å². The molecule has 0 N–H and O–H groups in total. The van der Waals surface area contributed by atoms with E-state index in [1.165, 1.54) is 23.9 Å². The average Bonchev–Trinajstić information content (AvgIpc) is 3.35. The number of rotatable bonds is 5. The molecule has 162 valence electrons. The Morgan fingerprint density at radius 3 is 2.32 bits per heavy atom. The maximum atomic E-state index is 11.9. The highest BCUT2D eigenvalue weighted by atomic mass is 16.2. The Labute approximate surface area is 179 Å². The summed E-state index contributed by atoms with van der Waals surface area (Å²) in [4.78, 5) is 36.9. The molecule has 3 aromatic rings. The van der Waals surface area contributed by atoms with E-state index in [4.69, 9.17) is 0 Å². The van der Waals surface area contributed by atoms with Crippen molar-refractivity contribution in [2.24, 2.45) is 5.41 Å². The number of hydrogen-bond donors (Lipinski definition) is 0. The van der Waals surface area contributed by atoms with Crippen LogP contribution in [0.3, 0.4) is 0 Å². The summed E-state index contributed by atoms with van der Waals surface area (Å²) in [5, 5.41) is 11.0. The van der Waals surface area contributed by atoms with Gasteiger partial charge < -0.3 is 9.80 Å². The van der Waals surface area contributed by atoms with Gasteiger partial charge in [-0.2, -0.15) is 4.68 Å². The van der Waals surface area contributed by atoms with E-state index in [0.717, 1.165) is 57.7 Å². The van der Waals surface area contributed by atoms with E-state index in [9.17, 15) is 9.59 Å². The Bertz CT molecular complexity index is 1100. The highest BCUT2D eigenvalue weighted by molar-refractivity contribution is 5.58. The molecular formula is C21H26N8O2. The first-order valence-corrected chi connectivity index (χ1v) is 10.9. The lowest BCUT2D eigenvalue weighted by atomic mass is 9.71. The van der Waals surface area contributed by atoms with Crippen molar-refractivity contribution in [1.82, 2.24) is 35.1 Å². The molecule has 10 nitrogen and oxygen atoms in total. The van der Waals surface area contributed by atoms with E-state index < -0.39 is 0 Å². The summed E-state index contributed by atoms with van der Waals surface area (Å²) in [5.74, 6) is 0.610. The molecule has 0 unspecified atom stereocenters. The van der Waals surface area contributed by atoms with E-state index >= 15 is 0 Å². The smallest absolute Gasteiger partial charge is 0.249 e. The molecule has 2 aromatic heterocycles. The van der Waals surface area contributed by atoms with Gasteiger partial charge in [0.15, 0.2) is 5.82 Å². The van der Waals surface area contributed by atoms with Gasteiger partial charge >= 0.3 is 0 Å². The van der Waals surface area contributed by atoms with Crippen molar-refractivity contribution in [1.29, 1.82) is 0 Å². The minimum Gasteiger partial charge on any atom is -0.368 e.